The maximum Gasteiger partial charge on any atom is 0.0488 e. The Kier molecular flexibility index (Phi) is 2.25. The number of anilines is 1. The fraction of sp³-hybridized carbons (Fsp3) is 0.500. The first-order valence-electron chi connectivity index (χ1n) is 5.42. The number of nitrogens with one attached hydrogen (secondary N) is 1. The number of hydrogen-bond donors (Lipinski definition) is 1. The molecular weight excluding hydrogens is 254 g/mol. The van der Waals surface area contributed by atoms with Crippen molar-refractivity contribution in [2.75, 3.05) is 18.5 Å². The molecule has 1 spiro atoms. The molecule has 3 heteroatoms. The highest BCUT2D eigenvalue weighted by atomic mass is 79.9. The third-order valence-corrected chi connectivity index (χ3v) is 3.94. The maximum absolute atomic E-state index is 5.43. The molecule has 0 aromatic heterocycles. The van der Waals surface area contributed by atoms with Gasteiger partial charge in [0.2, 0.25) is 0 Å². The zero-order valence-corrected chi connectivity index (χ0v) is 10.1. The Morgan fingerprint density at radius 3 is 2.87 bits per heavy atom. The standard InChI is InChI=1S/C12H14BrNO/c13-10-2-1-9-8-12(14-11(9)7-10)3-5-15-6-4-12/h1-2,7,14H,3-6,8H2. The summed E-state index contributed by atoms with van der Waals surface area (Å²) < 4.78 is 6.58. The first-order chi connectivity index (χ1) is 7.27. The van der Waals surface area contributed by atoms with Gasteiger partial charge in [0.25, 0.3) is 0 Å². The Labute approximate surface area is 98.1 Å². The Morgan fingerprint density at radius 2 is 2.07 bits per heavy atom. The van der Waals surface area contributed by atoms with E-state index in [9.17, 15) is 0 Å². The number of benzene rings is 1. The second-order valence-corrected chi connectivity index (χ2v) is 5.41. The maximum atomic E-state index is 5.43. The van der Waals surface area contributed by atoms with Crippen LogP contribution in [0.25, 0.3) is 0 Å². The third-order valence-electron chi connectivity index (χ3n) is 3.45. The molecule has 3 rings (SSSR count). The summed E-state index contributed by atoms with van der Waals surface area (Å²) in [6.45, 7) is 1.78. The molecule has 2 aliphatic heterocycles. The molecule has 1 aromatic carbocycles. The summed E-state index contributed by atoms with van der Waals surface area (Å²) >= 11 is 3.51. The van der Waals surface area contributed by atoms with E-state index in [-0.39, 0.29) is 5.54 Å². The number of fused-ring (bicyclic) bond motifs is 1. The molecule has 15 heavy (non-hydrogen) atoms. The molecule has 1 aromatic rings. The second-order valence-electron chi connectivity index (χ2n) is 4.50. The minimum absolute atomic E-state index is 0.279. The molecule has 0 atom stereocenters. The Bertz CT molecular complexity index is 385. The molecule has 2 heterocycles. The molecular formula is C12H14BrNO. The first kappa shape index (κ1) is 9.67. The normalized spacial score (nSPS) is 22.5. The van der Waals surface area contributed by atoms with E-state index in [1.807, 2.05) is 0 Å². The number of ether oxygens (including phenoxy) is 1. The van der Waals surface area contributed by atoms with Crippen LogP contribution in [0.1, 0.15) is 18.4 Å². The van der Waals surface area contributed by atoms with Crippen LogP contribution in [0.3, 0.4) is 0 Å². The van der Waals surface area contributed by atoms with Gasteiger partial charge in [-0.3, -0.25) is 0 Å². The van der Waals surface area contributed by atoms with Gasteiger partial charge in [-0.2, -0.15) is 0 Å². The molecule has 0 amide bonds. The quantitative estimate of drug-likeness (QED) is 0.781. The zero-order chi connectivity index (χ0) is 10.3. The summed E-state index contributed by atoms with van der Waals surface area (Å²) in [6, 6.07) is 6.52. The monoisotopic (exact) mass is 267 g/mol. The van der Waals surface area contributed by atoms with Gasteiger partial charge in [-0.05, 0) is 37.0 Å². The van der Waals surface area contributed by atoms with E-state index < -0.39 is 0 Å². The molecule has 2 aliphatic rings. The van der Waals surface area contributed by atoms with Crippen LogP contribution in [0.4, 0.5) is 5.69 Å². The lowest BCUT2D eigenvalue weighted by atomic mass is 9.87. The van der Waals surface area contributed by atoms with Crippen LogP contribution in [-0.2, 0) is 11.2 Å². The summed E-state index contributed by atoms with van der Waals surface area (Å²) in [6.07, 6.45) is 3.40. The van der Waals surface area contributed by atoms with Gasteiger partial charge in [0, 0.05) is 28.9 Å². The van der Waals surface area contributed by atoms with Crippen molar-refractivity contribution in [1.29, 1.82) is 0 Å². The second kappa shape index (κ2) is 3.49. The molecule has 80 valence electrons. The molecule has 1 saturated heterocycles. The molecule has 0 radical (unpaired) electrons. The molecule has 0 saturated carbocycles. The lowest BCUT2D eigenvalue weighted by Crippen LogP contribution is -2.41. The van der Waals surface area contributed by atoms with Crippen molar-refractivity contribution in [3.63, 3.8) is 0 Å². The van der Waals surface area contributed by atoms with Crippen molar-refractivity contribution in [3.8, 4) is 0 Å². The summed E-state index contributed by atoms with van der Waals surface area (Å²) in [4.78, 5) is 0. The van der Waals surface area contributed by atoms with Gasteiger partial charge < -0.3 is 10.1 Å². The fourth-order valence-corrected chi connectivity index (χ4v) is 2.94. The lowest BCUT2D eigenvalue weighted by molar-refractivity contribution is 0.0624. The molecule has 0 unspecified atom stereocenters. The molecule has 2 nitrogen and oxygen atoms in total. The van der Waals surface area contributed by atoms with E-state index in [1.54, 1.807) is 0 Å². The first-order valence-corrected chi connectivity index (χ1v) is 6.21. The predicted octanol–water partition coefficient (Wildman–Crippen LogP) is 2.97. The van der Waals surface area contributed by atoms with E-state index in [1.165, 1.54) is 11.3 Å². The van der Waals surface area contributed by atoms with Crippen LogP contribution in [0.2, 0.25) is 0 Å². The van der Waals surface area contributed by atoms with Crippen LogP contribution in [0.15, 0.2) is 22.7 Å². The van der Waals surface area contributed by atoms with Crippen LogP contribution >= 0.6 is 15.9 Å². The van der Waals surface area contributed by atoms with Gasteiger partial charge >= 0.3 is 0 Å². The van der Waals surface area contributed by atoms with E-state index >= 15 is 0 Å². The van der Waals surface area contributed by atoms with Crippen molar-refractivity contribution in [2.24, 2.45) is 0 Å². The molecule has 1 N–H and O–H groups in total. The van der Waals surface area contributed by atoms with Gasteiger partial charge in [0.1, 0.15) is 0 Å². The van der Waals surface area contributed by atoms with Crippen LogP contribution in [0.5, 0.6) is 0 Å². The highest BCUT2D eigenvalue weighted by Gasteiger charge is 2.37. The van der Waals surface area contributed by atoms with E-state index in [0.717, 1.165) is 36.9 Å². The average molecular weight is 268 g/mol. The van der Waals surface area contributed by atoms with Crippen molar-refractivity contribution in [1.82, 2.24) is 0 Å². The average Bonchev–Trinajstić information content (AvgIpc) is 2.56. The van der Waals surface area contributed by atoms with Gasteiger partial charge in [-0.25, -0.2) is 0 Å². The highest BCUT2D eigenvalue weighted by Crippen LogP contribution is 2.39. The van der Waals surface area contributed by atoms with Crippen molar-refractivity contribution in [3.05, 3.63) is 28.2 Å². The number of rotatable bonds is 0. The smallest absolute Gasteiger partial charge is 0.0488 e. The Hall–Kier alpha value is -0.540. The lowest BCUT2D eigenvalue weighted by Gasteiger charge is -2.34. The minimum Gasteiger partial charge on any atom is -0.381 e. The van der Waals surface area contributed by atoms with Crippen molar-refractivity contribution < 1.29 is 4.74 Å². The largest absolute Gasteiger partial charge is 0.381 e. The van der Waals surface area contributed by atoms with Crippen LogP contribution < -0.4 is 5.32 Å². The third kappa shape index (κ3) is 1.68. The van der Waals surface area contributed by atoms with Gasteiger partial charge in [-0.15, -0.1) is 0 Å². The van der Waals surface area contributed by atoms with Crippen LogP contribution in [-0.4, -0.2) is 18.8 Å². The molecule has 0 bridgehead atoms. The van der Waals surface area contributed by atoms with Crippen molar-refractivity contribution in [2.45, 2.75) is 24.8 Å². The number of hydrogen-bond acceptors (Lipinski definition) is 2. The van der Waals surface area contributed by atoms with Crippen molar-refractivity contribution >= 4 is 21.6 Å². The molecule has 0 aliphatic carbocycles. The fourth-order valence-electron chi connectivity index (χ4n) is 2.58. The zero-order valence-electron chi connectivity index (χ0n) is 8.55. The topological polar surface area (TPSA) is 21.3 Å². The Morgan fingerprint density at radius 1 is 1.27 bits per heavy atom. The van der Waals surface area contributed by atoms with E-state index in [4.69, 9.17) is 4.74 Å². The number of halogens is 1. The highest BCUT2D eigenvalue weighted by molar-refractivity contribution is 9.10. The van der Waals surface area contributed by atoms with E-state index in [2.05, 4.69) is 39.4 Å². The summed E-state index contributed by atoms with van der Waals surface area (Å²) in [5, 5.41) is 3.68. The minimum atomic E-state index is 0.279. The van der Waals surface area contributed by atoms with E-state index in [0.29, 0.717) is 0 Å². The predicted molar refractivity (Wildman–Crippen MR) is 64.3 cm³/mol. The summed E-state index contributed by atoms with van der Waals surface area (Å²) in [7, 11) is 0. The van der Waals surface area contributed by atoms with Gasteiger partial charge in [0.15, 0.2) is 0 Å². The SMILES string of the molecule is Brc1ccc2c(c1)NC1(CCOCC1)C2. The summed E-state index contributed by atoms with van der Waals surface area (Å²) in [5.74, 6) is 0. The van der Waals surface area contributed by atoms with Gasteiger partial charge in [0.05, 0.1) is 0 Å². The summed E-state index contributed by atoms with van der Waals surface area (Å²) in [5.41, 5.74) is 3.02. The Balaban J connectivity index is 1.90. The van der Waals surface area contributed by atoms with Gasteiger partial charge in [-0.1, -0.05) is 22.0 Å². The van der Waals surface area contributed by atoms with Crippen LogP contribution in [0, 0.1) is 0 Å². The molecule has 1 fully saturated rings.